The van der Waals surface area contributed by atoms with E-state index in [2.05, 4.69) is 15.9 Å². The van der Waals surface area contributed by atoms with Crippen LogP contribution in [0.15, 0.2) is 77.3 Å². The molecular formula is C24H21BrO5. The Morgan fingerprint density at radius 1 is 0.900 bits per heavy atom. The predicted molar refractivity (Wildman–Crippen MR) is 117 cm³/mol. The third-order valence-corrected chi connectivity index (χ3v) is 4.84. The van der Waals surface area contributed by atoms with Gasteiger partial charge in [-0.15, -0.1) is 0 Å². The lowest BCUT2D eigenvalue weighted by molar-refractivity contribution is 0.0498. The number of halogens is 1. The summed E-state index contributed by atoms with van der Waals surface area (Å²) in [4.78, 5) is 24.9. The molecule has 3 aromatic rings. The number of esters is 2. The van der Waals surface area contributed by atoms with Crippen LogP contribution in [0.1, 0.15) is 32.7 Å². The summed E-state index contributed by atoms with van der Waals surface area (Å²) >= 11 is 3.33. The number of ether oxygens (including phenoxy) is 3. The molecule has 6 heteroatoms. The molecule has 0 atom stereocenters. The molecule has 0 radical (unpaired) electrons. The lowest BCUT2D eigenvalue weighted by Crippen LogP contribution is -2.11. The van der Waals surface area contributed by atoms with Gasteiger partial charge in [0, 0.05) is 4.47 Å². The van der Waals surface area contributed by atoms with Gasteiger partial charge in [-0.3, -0.25) is 0 Å². The average molecular weight is 469 g/mol. The standard InChI is InChI=1S/C24H21BrO5/c1-28-22-13-12-19(25)16-21(22)24(27)30-20-11-5-10-18(15-20)23(26)29-14-6-9-17-7-3-2-4-8-17/h2-5,7-8,10-13,15-16H,6,9,14H2,1H3. The number of benzene rings is 3. The first-order valence-electron chi connectivity index (χ1n) is 9.43. The zero-order valence-electron chi connectivity index (χ0n) is 16.5. The van der Waals surface area contributed by atoms with Gasteiger partial charge >= 0.3 is 11.9 Å². The molecule has 30 heavy (non-hydrogen) atoms. The highest BCUT2D eigenvalue weighted by molar-refractivity contribution is 9.10. The van der Waals surface area contributed by atoms with Crippen LogP contribution in [0.4, 0.5) is 0 Å². The van der Waals surface area contributed by atoms with E-state index in [4.69, 9.17) is 14.2 Å². The molecule has 0 spiro atoms. The number of rotatable bonds is 8. The van der Waals surface area contributed by atoms with Gasteiger partial charge < -0.3 is 14.2 Å². The molecule has 154 valence electrons. The zero-order chi connectivity index (χ0) is 21.3. The maximum atomic E-state index is 12.5. The van der Waals surface area contributed by atoms with Crippen molar-refractivity contribution < 1.29 is 23.8 Å². The fraction of sp³-hybridized carbons (Fsp3) is 0.167. The van der Waals surface area contributed by atoms with Gasteiger partial charge in [0.15, 0.2) is 0 Å². The Bertz CT molecular complexity index is 1020. The zero-order valence-corrected chi connectivity index (χ0v) is 18.1. The van der Waals surface area contributed by atoms with E-state index < -0.39 is 11.9 Å². The monoisotopic (exact) mass is 468 g/mol. The van der Waals surface area contributed by atoms with Crippen LogP contribution in [0.25, 0.3) is 0 Å². The van der Waals surface area contributed by atoms with E-state index in [0.29, 0.717) is 17.9 Å². The molecular weight excluding hydrogens is 448 g/mol. The SMILES string of the molecule is COc1ccc(Br)cc1C(=O)Oc1cccc(C(=O)OCCCc2ccccc2)c1. The summed E-state index contributed by atoms with van der Waals surface area (Å²) in [5, 5.41) is 0. The van der Waals surface area contributed by atoms with Crippen molar-refractivity contribution in [2.75, 3.05) is 13.7 Å². The molecule has 0 fully saturated rings. The number of carbonyl (C=O) groups is 2. The summed E-state index contributed by atoms with van der Waals surface area (Å²) in [6.07, 6.45) is 1.56. The first-order valence-corrected chi connectivity index (χ1v) is 10.2. The summed E-state index contributed by atoms with van der Waals surface area (Å²) in [6.45, 7) is 0.312. The second-order valence-corrected chi connectivity index (χ2v) is 7.40. The largest absolute Gasteiger partial charge is 0.496 e. The lowest BCUT2D eigenvalue weighted by atomic mass is 10.1. The van der Waals surface area contributed by atoms with Crippen LogP contribution in [0.3, 0.4) is 0 Å². The fourth-order valence-electron chi connectivity index (χ4n) is 2.86. The summed E-state index contributed by atoms with van der Waals surface area (Å²) in [5.74, 6) is -0.388. The summed E-state index contributed by atoms with van der Waals surface area (Å²) in [6, 6.07) is 21.4. The molecule has 5 nitrogen and oxygen atoms in total. The topological polar surface area (TPSA) is 61.8 Å². The van der Waals surface area contributed by atoms with Crippen LogP contribution in [0.2, 0.25) is 0 Å². The highest BCUT2D eigenvalue weighted by Crippen LogP contribution is 2.25. The smallest absolute Gasteiger partial charge is 0.347 e. The lowest BCUT2D eigenvalue weighted by Gasteiger charge is -2.10. The van der Waals surface area contributed by atoms with E-state index in [1.165, 1.54) is 18.7 Å². The number of hydrogen-bond donors (Lipinski definition) is 0. The third-order valence-electron chi connectivity index (χ3n) is 4.35. The van der Waals surface area contributed by atoms with Crippen LogP contribution >= 0.6 is 15.9 Å². The minimum atomic E-state index is -0.582. The van der Waals surface area contributed by atoms with E-state index in [-0.39, 0.29) is 11.3 Å². The number of hydrogen-bond acceptors (Lipinski definition) is 5. The number of carbonyl (C=O) groups excluding carboxylic acids is 2. The Kier molecular flexibility index (Phi) is 7.63. The molecule has 3 rings (SSSR count). The highest BCUT2D eigenvalue weighted by Gasteiger charge is 2.16. The summed E-state index contributed by atoms with van der Waals surface area (Å²) in [5.41, 5.74) is 1.80. The molecule has 0 saturated carbocycles. The van der Waals surface area contributed by atoms with Gasteiger partial charge in [-0.2, -0.15) is 0 Å². The molecule has 0 aliphatic carbocycles. The van der Waals surface area contributed by atoms with Crippen molar-refractivity contribution in [2.24, 2.45) is 0 Å². The Morgan fingerprint density at radius 2 is 1.70 bits per heavy atom. The first-order chi connectivity index (χ1) is 14.6. The highest BCUT2D eigenvalue weighted by atomic mass is 79.9. The fourth-order valence-corrected chi connectivity index (χ4v) is 3.22. The van der Waals surface area contributed by atoms with Crippen LogP contribution in [-0.4, -0.2) is 25.7 Å². The van der Waals surface area contributed by atoms with Gasteiger partial charge in [0.25, 0.3) is 0 Å². The second-order valence-electron chi connectivity index (χ2n) is 6.49. The quantitative estimate of drug-likeness (QED) is 0.249. The van der Waals surface area contributed by atoms with Crippen molar-refractivity contribution >= 4 is 27.9 Å². The van der Waals surface area contributed by atoms with Crippen molar-refractivity contribution in [1.82, 2.24) is 0 Å². The van der Waals surface area contributed by atoms with Crippen molar-refractivity contribution in [1.29, 1.82) is 0 Å². The molecule has 0 amide bonds. The summed E-state index contributed by atoms with van der Waals surface area (Å²) in [7, 11) is 1.48. The molecule has 3 aromatic carbocycles. The van der Waals surface area contributed by atoms with Gasteiger partial charge in [-0.1, -0.05) is 52.3 Å². The number of aryl methyl sites for hydroxylation is 1. The molecule has 0 heterocycles. The Labute approximate surface area is 183 Å². The minimum Gasteiger partial charge on any atom is -0.496 e. The maximum absolute atomic E-state index is 12.5. The van der Waals surface area contributed by atoms with Crippen molar-refractivity contribution in [3.05, 3.63) is 94.0 Å². The van der Waals surface area contributed by atoms with Gasteiger partial charge in [0.2, 0.25) is 0 Å². The molecule has 0 N–H and O–H groups in total. The first kappa shape index (κ1) is 21.6. The second kappa shape index (κ2) is 10.6. The van der Waals surface area contributed by atoms with Gasteiger partial charge in [0.1, 0.15) is 17.1 Å². The van der Waals surface area contributed by atoms with Crippen LogP contribution in [0.5, 0.6) is 11.5 Å². The third kappa shape index (κ3) is 5.94. The molecule has 0 aliphatic rings. The predicted octanol–water partition coefficient (Wildman–Crippen LogP) is 5.47. The van der Waals surface area contributed by atoms with E-state index in [1.807, 2.05) is 30.3 Å². The van der Waals surface area contributed by atoms with Crippen LogP contribution < -0.4 is 9.47 Å². The molecule has 0 saturated heterocycles. The van der Waals surface area contributed by atoms with E-state index in [1.54, 1.807) is 36.4 Å². The Hall–Kier alpha value is -3.12. The van der Waals surface area contributed by atoms with E-state index in [0.717, 1.165) is 17.3 Å². The Morgan fingerprint density at radius 3 is 2.47 bits per heavy atom. The van der Waals surface area contributed by atoms with Gasteiger partial charge in [-0.25, -0.2) is 9.59 Å². The van der Waals surface area contributed by atoms with Crippen molar-refractivity contribution in [2.45, 2.75) is 12.8 Å². The molecule has 0 aromatic heterocycles. The molecule has 0 bridgehead atoms. The molecule has 0 aliphatic heterocycles. The molecule has 0 unspecified atom stereocenters. The normalized spacial score (nSPS) is 10.3. The number of methoxy groups -OCH3 is 1. The maximum Gasteiger partial charge on any atom is 0.347 e. The van der Waals surface area contributed by atoms with Crippen LogP contribution in [0, 0.1) is 0 Å². The Balaban J connectivity index is 1.58. The van der Waals surface area contributed by atoms with Crippen molar-refractivity contribution in [3.63, 3.8) is 0 Å². The summed E-state index contributed by atoms with van der Waals surface area (Å²) < 4.78 is 16.7. The minimum absolute atomic E-state index is 0.251. The van der Waals surface area contributed by atoms with Gasteiger partial charge in [-0.05, 0) is 54.8 Å². The van der Waals surface area contributed by atoms with E-state index >= 15 is 0 Å². The van der Waals surface area contributed by atoms with Gasteiger partial charge in [0.05, 0.1) is 19.3 Å². The van der Waals surface area contributed by atoms with Crippen molar-refractivity contribution in [3.8, 4) is 11.5 Å². The van der Waals surface area contributed by atoms with Crippen LogP contribution in [-0.2, 0) is 11.2 Å². The average Bonchev–Trinajstić information content (AvgIpc) is 2.77. The van der Waals surface area contributed by atoms with E-state index in [9.17, 15) is 9.59 Å².